The largest absolute Gasteiger partial charge is 0.480 e. The molecule has 0 spiro atoms. The molecule has 0 bridgehead atoms. The van der Waals surface area contributed by atoms with Gasteiger partial charge in [-0.2, -0.15) is 4.98 Å². The Labute approximate surface area is 210 Å². The fourth-order valence-corrected chi connectivity index (χ4v) is 4.77. The van der Waals surface area contributed by atoms with Crippen LogP contribution in [0.15, 0.2) is 47.1 Å². The topological polar surface area (TPSA) is 76.1 Å². The van der Waals surface area contributed by atoms with Gasteiger partial charge in [-0.15, -0.1) is 0 Å². The lowest BCUT2D eigenvalue weighted by Crippen LogP contribution is -2.16. The van der Waals surface area contributed by atoms with E-state index in [1.807, 2.05) is 25.1 Å². The number of nitrogens with zero attached hydrogens (tertiary/aromatic N) is 2. The van der Waals surface area contributed by atoms with Crippen LogP contribution in [0.3, 0.4) is 0 Å². The summed E-state index contributed by atoms with van der Waals surface area (Å²) in [6.07, 6.45) is 6.24. The average Bonchev–Trinajstić information content (AvgIpc) is 2.81. The first kappa shape index (κ1) is 25.7. The van der Waals surface area contributed by atoms with Crippen LogP contribution in [0, 0.1) is 13.8 Å². The van der Waals surface area contributed by atoms with Crippen LogP contribution in [0.5, 0.6) is 5.88 Å². The monoisotopic (exact) mass is 524 g/mol. The van der Waals surface area contributed by atoms with Gasteiger partial charge >= 0.3 is 0 Å². The maximum atomic E-state index is 12.9. The Morgan fingerprint density at radius 1 is 1.09 bits per heavy atom. The number of hydrogen-bond acceptors (Lipinski definition) is 5. The van der Waals surface area contributed by atoms with E-state index in [1.165, 1.54) is 50.1 Å². The van der Waals surface area contributed by atoms with Crippen molar-refractivity contribution in [3.63, 3.8) is 0 Å². The van der Waals surface area contributed by atoms with E-state index < -0.39 is 0 Å². The lowest BCUT2D eigenvalue weighted by molar-refractivity contribution is 0.102. The second-order valence-electron chi connectivity index (χ2n) is 8.47. The number of hydrogen-bond donors (Lipinski definition) is 2. The molecule has 3 aromatic rings. The first-order valence-electron chi connectivity index (χ1n) is 11.7. The van der Waals surface area contributed by atoms with Gasteiger partial charge in [0.15, 0.2) is 0 Å². The van der Waals surface area contributed by atoms with E-state index in [9.17, 15) is 4.79 Å². The summed E-state index contributed by atoms with van der Waals surface area (Å²) in [5.41, 5.74) is 5.47. The van der Waals surface area contributed by atoms with Gasteiger partial charge in [-0.25, -0.2) is 4.98 Å². The highest BCUT2D eigenvalue weighted by molar-refractivity contribution is 9.10. The normalized spacial score (nSPS) is 10.9. The fourth-order valence-electron chi connectivity index (χ4n) is 4.20. The first-order chi connectivity index (χ1) is 16.4. The lowest BCUT2D eigenvalue weighted by Gasteiger charge is -2.19. The molecule has 0 radical (unpaired) electrons. The molecule has 2 N–H and O–H groups in total. The van der Waals surface area contributed by atoms with Crippen LogP contribution in [0.4, 0.5) is 17.3 Å². The van der Waals surface area contributed by atoms with Crippen LogP contribution in [0.25, 0.3) is 0 Å². The number of rotatable bonds is 10. The fraction of sp³-hybridized carbons (Fsp3) is 0.370. The summed E-state index contributed by atoms with van der Waals surface area (Å²) < 4.78 is 6.21. The standard InChI is InChI=1S/C27H33BrN4O2/c1-6-9-19(10-7-2)21-14-13-20(15-18(21)4)30-27-29-16-22(26(32-27)34-5)25(33)31-24-17(3)11-8-12-23(24)28/h8,11-16,19H,6-7,9-10H2,1-5H3,(H,31,33)(H,29,30,32). The molecule has 0 aliphatic carbocycles. The average molecular weight is 525 g/mol. The minimum atomic E-state index is -0.337. The maximum absolute atomic E-state index is 12.9. The second kappa shape index (κ2) is 12.0. The highest BCUT2D eigenvalue weighted by atomic mass is 79.9. The molecular weight excluding hydrogens is 492 g/mol. The van der Waals surface area contributed by atoms with Gasteiger partial charge in [0.2, 0.25) is 11.8 Å². The van der Waals surface area contributed by atoms with Crippen LogP contribution in [0.2, 0.25) is 0 Å². The summed E-state index contributed by atoms with van der Waals surface area (Å²) in [7, 11) is 1.49. The molecule has 0 saturated heterocycles. The molecule has 3 rings (SSSR count). The molecule has 7 heteroatoms. The minimum absolute atomic E-state index is 0.207. The van der Waals surface area contributed by atoms with Gasteiger partial charge in [-0.3, -0.25) is 4.79 Å². The number of ether oxygens (including phenoxy) is 1. The van der Waals surface area contributed by atoms with Crippen molar-refractivity contribution in [3.8, 4) is 5.88 Å². The number of carbonyl (C=O) groups is 1. The second-order valence-corrected chi connectivity index (χ2v) is 9.33. The molecule has 0 aliphatic rings. The van der Waals surface area contributed by atoms with Crippen LogP contribution in [-0.2, 0) is 0 Å². The minimum Gasteiger partial charge on any atom is -0.480 e. The zero-order valence-corrected chi connectivity index (χ0v) is 22.1. The lowest BCUT2D eigenvalue weighted by atomic mass is 9.87. The van der Waals surface area contributed by atoms with Gasteiger partial charge < -0.3 is 15.4 Å². The van der Waals surface area contributed by atoms with Crippen molar-refractivity contribution in [3.05, 3.63) is 69.3 Å². The Kier molecular flexibility index (Phi) is 9.05. The maximum Gasteiger partial charge on any atom is 0.262 e. The van der Waals surface area contributed by atoms with E-state index in [2.05, 4.69) is 75.5 Å². The Morgan fingerprint density at radius 2 is 1.82 bits per heavy atom. The predicted molar refractivity (Wildman–Crippen MR) is 142 cm³/mol. The summed E-state index contributed by atoms with van der Waals surface area (Å²) in [5, 5.41) is 6.16. The quantitative estimate of drug-likeness (QED) is 0.286. The number of aryl methyl sites for hydroxylation is 2. The van der Waals surface area contributed by atoms with Gasteiger partial charge in [0, 0.05) is 16.4 Å². The van der Waals surface area contributed by atoms with Gasteiger partial charge in [-0.1, -0.05) is 44.9 Å². The number of amides is 1. The van der Waals surface area contributed by atoms with Crippen molar-refractivity contribution >= 4 is 39.2 Å². The van der Waals surface area contributed by atoms with Crippen LogP contribution >= 0.6 is 15.9 Å². The number of carbonyl (C=O) groups excluding carboxylic acids is 1. The van der Waals surface area contributed by atoms with Gasteiger partial charge in [-0.05, 0) is 83.4 Å². The first-order valence-corrected chi connectivity index (χ1v) is 12.5. The molecule has 0 atom stereocenters. The summed E-state index contributed by atoms with van der Waals surface area (Å²) in [4.78, 5) is 21.7. The number of nitrogens with one attached hydrogen (secondary N) is 2. The van der Waals surface area contributed by atoms with Crippen molar-refractivity contribution < 1.29 is 9.53 Å². The number of methoxy groups -OCH3 is 1. The third-order valence-electron chi connectivity index (χ3n) is 5.89. The number of anilines is 3. The summed E-state index contributed by atoms with van der Waals surface area (Å²) in [6, 6.07) is 12.1. The van der Waals surface area contributed by atoms with Gasteiger partial charge in [0.1, 0.15) is 5.56 Å². The van der Waals surface area contributed by atoms with Crippen LogP contribution in [-0.4, -0.2) is 23.0 Å². The van der Waals surface area contributed by atoms with E-state index in [0.29, 0.717) is 17.6 Å². The molecule has 1 heterocycles. The van der Waals surface area contributed by atoms with Crippen molar-refractivity contribution in [1.29, 1.82) is 0 Å². The van der Waals surface area contributed by atoms with Crippen molar-refractivity contribution in [2.75, 3.05) is 17.7 Å². The smallest absolute Gasteiger partial charge is 0.262 e. The summed E-state index contributed by atoms with van der Waals surface area (Å²) in [5.74, 6) is 0.832. The Hall–Kier alpha value is -2.93. The zero-order chi connectivity index (χ0) is 24.7. The Morgan fingerprint density at radius 3 is 2.44 bits per heavy atom. The molecule has 0 aliphatic heterocycles. The van der Waals surface area contributed by atoms with Crippen molar-refractivity contribution in [2.24, 2.45) is 0 Å². The summed E-state index contributed by atoms with van der Waals surface area (Å²) in [6.45, 7) is 8.56. The molecule has 0 saturated carbocycles. The highest BCUT2D eigenvalue weighted by Crippen LogP contribution is 2.31. The molecule has 1 amide bonds. The molecule has 6 nitrogen and oxygen atoms in total. The molecule has 1 aromatic heterocycles. The molecule has 2 aromatic carbocycles. The number of halogens is 1. The van der Waals surface area contributed by atoms with Crippen LogP contribution in [0.1, 0.15) is 72.5 Å². The SMILES string of the molecule is CCCC(CCC)c1ccc(Nc2ncc(C(=O)Nc3c(C)cccc3Br)c(OC)n2)cc1C. The number of benzene rings is 2. The number of aromatic nitrogens is 2. The molecule has 0 unspecified atom stereocenters. The van der Waals surface area contributed by atoms with Crippen molar-refractivity contribution in [2.45, 2.75) is 59.3 Å². The van der Waals surface area contributed by atoms with Crippen molar-refractivity contribution in [1.82, 2.24) is 9.97 Å². The third kappa shape index (κ3) is 6.14. The van der Waals surface area contributed by atoms with Gasteiger partial charge in [0.05, 0.1) is 12.8 Å². The van der Waals surface area contributed by atoms with E-state index in [-0.39, 0.29) is 17.4 Å². The highest BCUT2D eigenvalue weighted by Gasteiger charge is 2.18. The van der Waals surface area contributed by atoms with Gasteiger partial charge in [0.25, 0.3) is 5.91 Å². The van der Waals surface area contributed by atoms with Crippen LogP contribution < -0.4 is 15.4 Å². The van der Waals surface area contributed by atoms with E-state index in [1.54, 1.807) is 0 Å². The number of para-hydroxylation sites is 1. The zero-order valence-electron chi connectivity index (χ0n) is 20.5. The van der Waals surface area contributed by atoms with E-state index in [0.717, 1.165) is 15.7 Å². The Bertz CT molecular complexity index is 1120. The molecule has 0 fully saturated rings. The Balaban J connectivity index is 1.79. The predicted octanol–water partition coefficient (Wildman–Crippen LogP) is 7.54. The van der Waals surface area contributed by atoms with E-state index in [4.69, 9.17) is 4.74 Å². The third-order valence-corrected chi connectivity index (χ3v) is 6.55. The summed E-state index contributed by atoms with van der Waals surface area (Å²) >= 11 is 3.48. The van der Waals surface area contributed by atoms with E-state index >= 15 is 0 Å². The molecule has 34 heavy (non-hydrogen) atoms. The molecular formula is C27H33BrN4O2. The molecule has 180 valence electrons.